The normalized spacial score (nSPS) is 20.8. The average Bonchev–Trinajstić information content (AvgIpc) is 3.27. The number of benzene rings is 2. The highest BCUT2D eigenvalue weighted by molar-refractivity contribution is 9.10. The van der Waals surface area contributed by atoms with E-state index in [1.807, 2.05) is 0 Å². The molecule has 2 aliphatic rings. The molecule has 0 aromatic heterocycles. The average molecular weight is 509 g/mol. The van der Waals surface area contributed by atoms with E-state index in [-0.39, 0.29) is 17.8 Å². The standard InChI is InChI=1S/C22H23BrF2N4O3/c23-14-7-8-18-15(13-14)22(32,20(30)26-9-4-12-28-10-1-2-11-28)29(21(31)27-18)19-16(24)5-3-6-17(19)25/h3,5-8,13,32H,1-2,4,9-12H2,(H,26,30)(H,27,31)/t22-/m0/s1. The number of fused-ring (bicyclic) bond motifs is 1. The molecule has 4 rings (SSSR count). The molecule has 10 heteroatoms. The number of hydrogen-bond acceptors (Lipinski definition) is 4. The Kier molecular flexibility index (Phi) is 6.45. The minimum Gasteiger partial charge on any atom is -0.359 e. The summed E-state index contributed by atoms with van der Waals surface area (Å²) < 4.78 is 29.8. The van der Waals surface area contributed by atoms with Crippen molar-refractivity contribution in [2.24, 2.45) is 0 Å². The van der Waals surface area contributed by atoms with Crippen LogP contribution in [0.1, 0.15) is 24.8 Å². The van der Waals surface area contributed by atoms with E-state index in [0.717, 1.165) is 50.7 Å². The molecule has 2 aromatic carbocycles. The minimum atomic E-state index is -2.67. The van der Waals surface area contributed by atoms with Crippen LogP contribution in [0.2, 0.25) is 0 Å². The Balaban J connectivity index is 1.68. The third kappa shape index (κ3) is 4.10. The lowest BCUT2D eigenvalue weighted by atomic mass is 9.94. The second kappa shape index (κ2) is 9.13. The van der Waals surface area contributed by atoms with Gasteiger partial charge in [0.2, 0.25) is 0 Å². The molecule has 1 atom stereocenters. The zero-order valence-electron chi connectivity index (χ0n) is 17.2. The van der Waals surface area contributed by atoms with Crippen molar-refractivity contribution in [2.45, 2.75) is 25.0 Å². The number of carbonyl (C=O) groups is 2. The van der Waals surface area contributed by atoms with E-state index in [9.17, 15) is 23.5 Å². The van der Waals surface area contributed by atoms with Crippen LogP contribution in [0.5, 0.6) is 0 Å². The molecular formula is C22H23BrF2N4O3. The Morgan fingerprint density at radius 2 is 1.88 bits per heavy atom. The molecule has 3 N–H and O–H groups in total. The fourth-order valence-electron chi connectivity index (χ4n) is 4.18. The first-order chi connectivity index (χ1) is 15.3. The maximum Gasteiger partial charge on any atom is 0.329 e. The van der Waals surface area contributed by atoms with Crippen molar-refractivity contribution < 1.29 is 23.5 Å². The van der Waals surface area contributed by atoms with Crippen LogP contribution < -0.4 is 15.5 Å². The molecule has 1 fully saturated rings. The summed E-state index contributed by atoms with van der Waals surface area (Å²) in [6.45, 7) is 3.04. The molecule has 2 heterocycles. The zero-order chi connectivity index (χ0) is 22.9. The van der Waals surface area contributed by atoms with Gasteiger partial charge in [-0.15, -0.1) is 0 Å². The number of nitrogens with one attached hydrogen (secondary N) is 2. The van der Waals surface area contributed by atoms with Crippen molar-refractivity contribution in [3.05, 3.63) is 58.1 Å². The van der Waals surface area contributed by atoms with Crippen LogP contribution >= 0.6 is 15.9 Å². The van der Waals surface area contributed by atoms with Gasteiger partial charge in [0.1, 0.15) is 17.3 Å². The van der Waals surface area contributed by atoms with Gasteiger partial charge in [-0.05, 0) is 69.2 Å². The second-order valence-corrected chi connectivity index (χ2v) is 8.77. The van der Waals surface area contributed by atoms with E-state index in [1.54, 1.807) is 6.07 Å². The smallest absolute Gasteiger partial charge is 0.329 e. The number of para-hydroxylation sites is 1. The monoisotopic (exact) mass is 508 g/mol. The summed E-state index contributed by atoms with van der Waals surface area (Å²) in [6.07, 6.45) is 2.93. The molecule has 0 bridgehead atoms. The molecule has 0 aliphatic carbocycles. The van der Waals surface area contributed by atoms with Crippen molar-refractivity contribution in [1.29, 1.82) is 0 Å². The highest BCUT2D eigenvalue weighted by Crippen LogP contribution is 2.42. The van der Waals surface area contributed by atoms with Crippen molar-refractivity contribution >= 4 is 39.2 Å². The van der Waals surface area contributed by atoms with Crippen LogP contribution in [0.3, 0.4) is 0 Å². The lowest BCUT2D eigenvalue weighted by Crippen LogP contribution is -2.63. The van der Waals surface area contributed by atoms with Crippen LogP contribution in [0.15, 0.2) is 40.9 Å². The number of likely N-dealkylation sites (tertiary alicyclic amines) is 1. The molecular weight excluding hydrogens is 486 g/mol. The third-order valence-electron chi connectivity index (χ3n) is 5.74. The van der Waals surface area contributed by atoms with Gasteiger partial charge in [-0.3, -0.25) is 4.79 Å². The molecule has 3 amide bonds. The zero-order valence-corrected chi connectivity index (χ0v) is 18.8. The number of urea groups is 1. The molecule has 2 aliphatic heterocycles. The van der Waals surface area contributed by atoms with Crippen molar-refractivity contribution in [3.63, 3.8) is 0 Å². The van der Waals surface area contributed by atoms with Crippen molar-refractivity contribution in [2.75, 3.05) is 36.4 Å². The van der Waals surface area contributed by atoms with Crippen LogP contribution in [0.25, 0.3) is 0 Å². The van der Waals surface area contributed by atoms with E-state index in [2.05, 4.69) is 31.5 Å². The van der Waals surface area contributed by atoms with Crippen molar-refractivity contribution in [1.82, 2.24) is 10.2 Å². The summed E-state index contributed by atoms with van der Waals surface area (Å²) in [5.74, 6) is -3.12. The van der Waals surface area contributed by atoms with Gasteiger partial charge >= 0.3 is 6.03 Å². The number of hydrogen-bond donors (Lipinski definition) is 3. The minimum absolute atomic E-state index is 0.00818. The van der Waals surface area contributed by atoms with Gasteiger partial charge in [0.05, 0.1) is 5.69 Å². The van der Waals surface area contributed by atoms with E-state index in [4.69, 9.17) is 0 Å². The fraction of sp³-hybridized carbons (Fsp3) is 0.364. The molecule has 170 valence electrons. The third-order valence-corrected chi connectivity index (χ3v) is 6.23. The van der Waals surface area contributed by atoms with E-state index < -0.39 is 35.0 Å². The Hall–Kier alpha value is -2.56. The SMILES string of the molecule is O=C1Nc2ccc(Br)cc2[C@](O)(C(=O)NCCCN2CCCC2)N1c1c(F)cccc1F. The van der Waals surface area contributed by atoms with Crippen LogP contribution in [-0.4, -0.2) is 48.1 Å². The first-order valence-electron chi connectivity index (χ1n) is 10.4. The van der Waals surface area contributed by atoms with Gasteiger partial charge in [-0.1, -0.05) is 22.0 Å². The number of halogens is 3. The number of aliphatic hydroxyl groups is 1. The summed E-state index contributed by atoms with van der Waals surface area (Å²) in [4.78, 5) is 28.9. The Morgan fingerprint density at radius 1 is 1.19 bits per heavy atom. The van der Waals surface area contributed by atoms with Crippen LogP contribution in [-0.2, 0) is 10.5 Å². The van der Waals surface area contributed by atoms with Gasteiger partial charge in [-0.25, -0.2) is 18.5 Å². The first-order valence-corrected chi connectivity index (χ1v) is 11.2. The summed E-state index contributed by atoms with van der Waals surface area (Å²) in [5, 5.41) is 16.8. The summed E-state index contributed by atoms with van der Waals surface area (Å²) in [5.41, 5.74) is -3.32. The second-order valence-electron chi connectivity index (χ2n) is 7.86. The van der Waals surface area contributed by atoms with Gasteiger partial charge < -0.3 is 20.6 Å². The fourth-order valence-corrected chi connectivity index (χ4v) is 4.54. The lowest BCUT2D eigenvalue weighted by Gasteiger charge is -2.42. The van der Waals surface area contributed by atoms with Crippen LogP contribution in [0.4, 0.5) is 25.0 Å². The molecule has 0 saturated carbocycles. The number of rotatable bonds is 6. The molecule has 2 aromatic rings. The molecule has 0 unspecified atom stereocenters. The number of amides is 3. The molecule has 7 nitrogen and oxygen atoms in total. The molecule has 32 heavy (non-hydrogen) atoms. The van der Waals surface area contributed by atoms with Gasteiger partial charge in [0, 0.05) is 16.6 Å². The maximum atomic E-state index is 14.6. The predicted octanol–water partition coefficient (Wildman–Crippen LogP) is 3.53. The highest BCUT2D eigenvalue weighted by Gasteiger charge is 2.53. The molecule has 0 spiro atoms. The van der Waals surface area contributed by atoms with Gasteiger partial charge in [-0.2, -0.15) is 0 Å². The topological polar surface area (TPSA) is 84.9 Å². The quantitative estimate of drug-likeness (QED) is 0.521. The van der Waals surface area contributed by atoms with Crippen molar-refractivity contribution in [3.8, 4) is 0 Å². The Labute approximate surface area is 192 Å². The maximum absolute atomic E-state index is 14.6. The molecule has 1 saturated heterocycles. The Bertz CT molecular complexity index is 1030. The van der Waals surface area contributed by atoms with E-state index in [0.29, 0.717) is 15.8 Å². The van der Waals surface area contributed by atoms with Gasteiger partial charge in [0.25, 0.3) is 11.6 Å². The summed E-state index contributed by atoms with van der Waals surface area (Å²) in [6, 6.07) is 6.57. The van der Waals surface area contributed by atoms with E-state index in [1.165, 1.54) is 12.1 Å². The van der Waals surface area contributed by atoms with E-state index >= 15 is 0 Å². The van der Waals surface area contributed by atoms with Gasteiger partial charge in [0.15, 0.2) is 0 Å². The number of carbonyl (C=O) groups excluding carboxylic acids is 2. The highest BCUT2D eigenvalue weighted by atomic mass is 79.9. The molecule has 0 radical (unpaired) electrons. The lowest BCUT2D eigenvalue weighted by molar-refractivity contribution is -0.140. The Morgan fingerprint density at radius 3 is 2.56 bits per heavy atom. The first kappa shape index (κ1) is 22.6. The summed E-state index contributed by atoms with van der Waals surface area (Å²) in [7, 11) is 0. The summed E-state index contributed by atoms with van der Waals surface area (Å²) >= 11 is 3.29. The van der Waals surface area contributed by atoms with Crippen LogP contribution in [0, 0.1) is 11.6 Å². The predicted molar refractivity (Wildman–Crippen MR) is 119 cm³/mol. The number of nitrogens with zero attached hydrogens (tertiary/aromatic N) is 2. The number of anilines is 2. The largest absolute Gasteiger partial charge is 0.359 e.